The van der Waals surface area contributed by atoms with E-state index in [4.69, 9.17) is 9.47 Å². The topological polar surface area (TPSA) is 64.6 Å². The quantitative estimate of drug-likeness (QED) is 0.799. The Balaban J connectivity index is 2.38. The molecule has 0 unspecified atom stereocenters. The van der Waals surface area contributed by atoms with E-state index in [9.17, 15) is 9.59 Å². The fourth-order valence-corrected chi connectivity index (χ4v) is 1.77. The van der Waals surface area contributed by atoms with Crippen molar-refractivity contribution in [2.75, 3.05) is 13.2 Å². The fourth-order valence-electron chi connectivity index (χ4n) is 1.77. The lowest BCUT2D eigenvalue weighted by molar-refractivity contribution is -0.162. The second kappa shape index (κ2) is 4.45. The molecule has 1 aromatic rings. The van der Waals surface area contributed by atoms with Gasteiger partial charge in [0.15, 0.2) is 0 Å². The molecule has 1 aliphatic rings. The smallest absolute Gasteiger partial charge is 0.408 e. The maximum atomic E-state index is 12.0. The van der Waals surface area contributed by atoms with Crippen molar-refractivity contribution in [3.05, 3.63) is 35.9 Å². The Kier molecular flexibility index (Phi) is 2.99. The van der Waals surface area contributed by atoms with Crippen LogP contribution in [0, 0.1) is 0 Å². The van der Waals surface area contributed by atoms with Crippen molar-refractivity contribution in [3.63, 3.8) is 0 Å². The average Bonchev–Trinajstić information content (AvgIpc) is 2.74. The van der Waals surface area contributed by atoms with Gasteiger partial charge in [0.05, 0.1) is 13.2 Å². The van der Waals surface area contributed by atoms with Crippen molar-refractivity contribution < 1.29 is 19.1 Å². The van der Waals surface area contributed by atoms with Crippen molar-refractivity contribution in [2.24, 2.45) is 0 Å². The van der Waals surface area contributed by atoms with Gasteiger partial charge < -0.3 is 14.8 Å². The third kappa shape index (κ3) is 1.95. The predicted molar refractivity (Wildman–Crippen MR) is 59.2 cm³/mol. The standard InChI is InChI=1S/C12H13NO4/c1-2-16-10(14)12(8-13-11(15)17-12)9-6-4-3-5-7-9/h3-7H,2,8H2,1H3,(H,13,15)/t12-/m1/s1. The average molecular weight is 235 g/mol. The number of ether oxygens (including phenoxy) is 2. The fraction of sp³-hybridized carbons (Fsp3) is 0.333. The number of esters is 1. The summed E-state index contributed by atoms with van der Waals surface area (Å²) in [6, 6.07) is 8.85. The van der Waals surface area contributed by atoms with Crippen LogP contribution in [0.4, 0.5) is 4.79 Å². The maximum Gasteiger partial charge on any atom is 0.408 e. The molecule has 1 aliphatic heterocycles. The molecule has 2 rings (SSSR count). The summed E-state index contributed by atoms with van der Waals surface area (Å²) in [5.74, 6) is -0.551. The number of alkyl carbamates (subject to hydrolysis) is 1. The van der Waals surface area contributed by atoms with Gasteiger partial charge in [-0.1, -0.05) is 30.3 Å². The molecule has 0 radical (unpaired) electrons. The monoisotopic (exact) mass is 235 g/mol. The lowest BCUT2D eigenvalue weighted by atomic mass is 9.94. The number of hydrogen-bond acceptors (Lipinski definition) is 4. The van der Waals surface area contributed by atoms with Gasteiger partial charge in [-0.05, 0) is 6.92 Å². The van der Waals surface area contributed by atoms with Crippen LogP contribution in [0.3, 0.4) is 0 Å². The summed E-state index contributed by atoms with van der Waals surface area (Å²) in [6.45, 7) is 2.04. The molecule has 17 heavy (non-hydrogen) atoms. The summed E-state index contributed by atoms with van der Waals surface area (Å²) in [5.41, 5.74) is -0.745. The predicted octanol–water partition coefficient (Wildman–Crippen LogP) is 1.18. The zero-order chi connectivity index (χ0) is 12.3. The van der Waals surface area contributed by atoms with E-state index in [0.717, 1.165) is 0 Å². The summed E-state index contributed by atoms with van der Waals surface area (Å²) < 4.78 is 10.1. The number of nitrogens with one attached hydrogen (secondary N) is 1. The molecule has 90 valence electrons. The van der Waals surface area contributed by atoms with E-state index in [1.165, 1.54) is 0 Å². The lowest BCUT2D eigenvalue weighted by Gasteiger charge is -2.24. The minimum atomic E-state index is -1.35. The van der Waals surface area contributed by atoms with Crippen molar-refractivity contribution in [3.8, 4) is 0 Å². The van der Waals surface area contributed by atoms with Gasteiger partial charge in [-0.2, -0.15) is 0 Å². The molecule has 1 amide bonds. The van der Waals surface area contributed by atoms with Crippen LogP contribution in [0.1, 0.15) is 12.5 Å². The largest absolute Gasteiger partial charge is 0.463 e. The van der Waals surface area contributed by atoms with E-state index in [2.05, 4.69) is 5.32 Å². The SMILES string of the molecule is CCOC(=O)[C@]1(c2ccccc2)CNC(=O)O1. The second-order valence-corrected chi connectivity index (χ2v) is 3.66. The minimum absolute atomic E-state index is 0.0919. The Hall–Kier alpha value is -2.04. The number of carbonyl (C=O) groups excluding carboxylic acids is 2. The summed E-state index contributed by atoms with van der Waals surface area (Å²) in [6.07, 6.45) is -0.609. The molecule has 5 heteroatoms. The normalized spacial score (nSPS) is 22.8. The third-order valence-corrected chi connectivity index (χ3v) is 2.59. The van der Waals surface area contributed by atoms with Crippen LogP contribution in [0.25, 0.3) is 0 Å². The summed E-state index contributed by atoms with van der Waals surface area (Å²) >= 11 is 0. The molecule has 1 aromatic carbocycles. The highest BCUT2D eigenvalue weighted by molar-refractivity contribution is 5.87. The maximum absolute atomic E-state index is 12.0. The van der Waals surface area contributed by atoms with Gasteiger partial charge in [0, 0.05) is 5.56 Å². The highest BCUT2D eigenvalue weighted by Crippen LogP contribution is 2.30. The number of benzene rings is 1. The van der Waals surface area contributed by atoms with Crippen LogP contribution in [0.2, 0.25) is 0 Å². The number of carbonyl (C=O) groups is 2. The van der Waals surface area contributed by atoms with E-state index in [1.54, 1.807) is 31.2 Å². The van der Waals surface area contributed by atoms with Gasteiger partial charge in [0.25, 0.3) is 5.60 Å². The third-order valence-electron chi connectivity index (χ3n) is 2.59. The highest BCUT2D eigenvalue weighted by atomic mass is 16.6. The molecular weight excluding hydrogens is 222 g/mol. The van der Waals surface area contributed by atoms with Crippen molar-refractivity contribution >= 4 is 12.1 Å². The number of rotatable bonds is 3. The van der Waals surface area contributed by atoms with Crippen LogP contribution in [-0.2, 0) is 19.9 Å². The van der Waals surface area contributed by atoms with Gasteiger partial charge >= 0.3 is 12.1 Å². The summed E-state index contributed by atoms with van der Waals surface area (Å²) in [7, 11) is 0. The van der Waals surface area contributed by atoms with Gasteiger partial charge in [-0.15, -0.1) is 0 Å². The van der Waals surface area contributed by atoms with E-state index in [0.29, 0.717) is 5.56 Å². The van der Waals surface area contributed by atoms with Crippen molar-refractivity contribution in [2.45, 2.75) is 12.5 Å². The van der Waals surface area contributed by atoms with Gasteiger partial charge in [-0.3, -0.25) is 0 Å². The molecule has 0 bridgehead atoms. The van der Waals surface area contributed by atoms with Gasteiger partial charge in [0.1, 0.15) is 0 Å². The molecule has 1 saturated heterocycles. The zero-order valence-corrected chi connectivity index (χ0v) is 9.43. The first-order chi connectivity index (χ1) is 8.19. The minimum Gasteiger partial charge on any atom is -0.463 e. The van der Waals surface area contributed by atoms with Gasteiger partial charge in [-0.25, -0.2) is 9.59 Å². The van der Waals surface area contributed by atoms with Crippen LogP contribution < -0.4 is 5.32 Å². The van der Waals surface area contributed by atoms with Crippen molar-refractivity contribution in [1.29, 1.82) is 0 Å². The Morgan fingerprint density at radius 3 is 2.71 bits per heavy atom. The molecule has 0 aliphatic carbocycles. The summed E-state index contributed by atoms with van der Waals surface area (Å²) in [5, 5.41) is 2.49. The molecule has 1 fully saturated rings. The van der Waals surface area contributed by atoms with Crippen LogP contribution in [0.15, 0.2) is 30.3 Å². The molecule has 0 aromatic heterocycles. The number of amides is 1. The molecule has 5 nitrogen and oxygen atoms in total. The van der Waals surface area contributed by atoms with Crippen molar-refractivity contribution in [1.82, 2.24) is 5.32 Å². The van der Waals surface area contributed by atoms with E-state index in [1.807, 2.05) is 6.07 Å². The van der Waals surface area contributed by atoms with Gasteiger partial charge in [0.2, 0.25) is 0 Å². The highest BCUT2D eigenvalue weighted by Gasteiger charge is 2.50. The molecule has 0 spiro atoms. The Bertz CT molecular complexity index is 431. The van der Waals surface area contributed by atoms with Crippen LogP contribution in [0.5, 0.6) is 0 Å². The van der Waals surface area contributed by atoms with Crippen LogP contribution >= 0.6 is 0 Å². The zero-order valence-electron chi connectivity index (χ0n) is 9.43. The first-order valence-electron chi connectivity index (χ1n) is 5.38. The van der Waals surface area contributed by atoms with Crippen LogP contribution in [-0.4, -0.2) is 25.2 Å². The molecule has 0 saturated carbocycles. The Labute approximate surface area is 98.7 Å². The molecule has 1 atom stereocenters. The Morgan fingerprint density at radius 2 is 2.18 bits per heavy atom. The lowest BCUT2D eigenvalue weighted by Crippen LogP contribution is -2.40. The molecule has 1 heterocycles. The van der Waals surface area contributed by atoms with E-state index in [-0.39, 0.29) is 13.2 Å². The number of hydrogen-bond donors (Lipinski definition) is 1. The first kappa shape index (κ1) is 11.4. The van der Waals surface area contributed by atoms with E-state index >= 15 is 0 Å². The Morgan fingerprint density at radius 1 is 1.47 bits per heavy atom. The molecule has 1 N–H and O–H groups in total. The summed E-state index contributed by atoms with van der Waals surface area (Å²) in [4.78, 5) is 23.2. The molecular formula is C12H13NO4. The second-order valence-electron chi connectivity index (χ2n) is 3.66. The van der Waals surface area contributed by atoms with E-state index < -0.39 is 17.7 Å². The first-order valence-corrected chi connectivity index (χ1v) is 5.38. The number of cyclic esters (lactones) is 1.